The maximum atomic E-state index is 12.1. The molecule has 1 aliphatic heterocycles. The van der Waals surface area contributed by atoms with Gasteiger partial charge in [-0.25, -0.2) is 0 Å². The molecule has 1 heterocycles. The Labute approximate surface area is 112 Å². The standard InChI is InChI=1S/C14H19N3O2/c1-15-13(18)6-7-17-14(19)12-9-16-8-10-4-2-3-5-11(10)12/h2-5,12,16H,6-9H2,1H3,(H,15,18)(H,17,19). The summed E-state index contributed by atoms with van der Waals surface area (Å²) in [4.78, 5) is 23.2. The summed E-state index contributed by atoms with van der Waals surface area (Å²) in [5.41, 5.74) is 2.25. The minimum atomic E-state index is -0.172. The van der Waals surface area contributed by atoms with Crippen molar-refractivity contribution in [2.75, 3.05) is 20.1 Å². The van der Waals surface area contributed by atoms with Gasteiger partial charge in [-0.15, -0.1) is 0 Å². The van der Waals surface area contributed by atoms with Crippen molar-refractivity contribution in [1.82, 2.24) is 16.0 Å². The summed E-state index contributed by atoms with van der Waals surface area (Å²) in [6.45, 7) is 1.82. The highest BCUT2D eigenvalue weighted by Crippen LogP contribution is 2.23. The van der Waals surface area contributed by atoms with Gasteiger partial charge < -0.3 is 16.0 Å². The SMILES string of the molecule is CNC(=O)CCNC(=O)C1CNCc2ccccc21. The lowest BCUT2D eigenvalue weighted by atomic mass is 9.90. The number of carbonyl (C=O) groups is 2. The fourth-order valence-corrected chi connectivity index (χ4v) is 2.28. The van der Waals surface area contributed by atoms with Crippen molar-refractivity contribution in [2.45, 2.75) is 18.9 Å². The highest BCUT2D eigenvalue weighted by Gasteiger charge is 2.25. The molecule has 0 spiro atoms. The zero-order valence-electron chi connectivity index (χ0n) is 11.0. The van der Waals surface area contributed by atoms with Crippen LogP contribution in [0.15, 0.2) is 24.3 Å². The second-order valence-corrected chi connectivity index (χ2v) is 4.60. The molecule has 1 atom stereocenters. The van der Waals surface area contributed by atoms with Gasteiger partial charge in [0.15, 0.2) is 0 Å². The topological polar surface area (TPSA) is 70.2 Å². The largest absolute Gasteiger partial charge is 0.359 e. The van der Waals surface area contributed by atoms with Gasteiger partial charge in [0.25, 0.3) is 0 Å². The van der Waals surface area contributed by atoms with Crippen molar-refractivity contribution < 1.29 is 9.59 Å². The van der Waals surface area contributed by atoms with Crippen LogP contribution in [0.25, 0.3) is 0 Å². The van der Waals surface area contributed by atoms with E-state index in [4.69, 9.17) is 0 Å². The summed E-state index contributed by atoms with van der Waals surface area (Å²) in [6.07, 6.45) is 0.310. The smallest absolute Gasteiger partial charge is 0.228 e. The average Bonchev–Trinajstić information content (AvgIpc) is 2.46. The first-order valence-corrected chi connectivity index (χ1v) is 6.49. The maximum Gasteiger partial charge on any atom is 0.228 e. The summed E-state index contributed by atoms with van der Waals surface area (Å²) in [5, 5.41) is 8.59. The van der Waals surface area contributed by atoms with Crippen LogP contribution in [-0.2, 0) is 16.1 Å². The van der Waals surface area contributed by atoms with Crippen LogP contribution >= 0.6 is 0 Å². The van der Waals surface area contributed by atoms with Gasteiger partial charge in [-0.3, -0.25) is 9.59 Å². The zero-order chi connectivity index (χ0) is 13.7. The number of carbonyl (C=O) groups excluding carboxylic acids is 2. The van der Waals surface area contributed by atoms with Crippen LogP contribution in [0.3, 0.4) is 0 Å². The van der Waals surface area contributed by atoms with Gasteiger partial charge in [-0.1, -0.05) is 24.3 Å². The van der Waals surface area contributed by atoms with Crippen LogP contribution in [0.2, 0.25) is 0 Å². The lowest BCUT2D eigenvalue weighted by Gasteiger charge is -2.25. The molecular formula is C14H19N3O2. The van der Waals surface area contributed by atoms with Gasteiger partial charge in [0.2, 0.25) is 11.8 Å². The Morgan fingerprint density at radius 1 is 1.37 bits per heavy atom. The molecule has 5 nitrogen and oxygen atoms in total. The Kier molecular flexibility index (Phi) is 4.52. The van der Waals surface area contributed by atoms with Crippen LogP contribution in [0.1, 0.15) is 23.5 Å². The van der Waals surface area contributed by atoms with E-state index in [1.165, 1.54) is 5.56 Å². The van der Waals surface area contributed by atoms with Gasteiger partial charge >= 0.3 is 0 Å². The molecule has 0 fully saturated rings. The molecule has 0 saturated carbocycles. The maximum absolute atomic E-state index is 12.1. The molecule has 0 saturated heterocycles. The summed E-state index contributed by atoms with van der Waals surface area (Å²) in [6, 6.07) is 7.97. The summed E-state index contributed by atoms with van der Waals surface area (Å²) in [7, 11) is 1.59. The first-order valence-electron chi connectivity index (χ1n) is 6.49. The number of nitrogens with one attached hydrogen (secondary N) is 3. The number of fused-ring (bicyclic) bond motifs is 1. The van der Waals surface area contributed by atoms with Gasteiger partial charge in [0.1, 0.15) is 0 Å². The molecule has 1 aliphatic rings. The molecule has 3 N–H and O–H groups in total. The molecule has 0 aliphatic carbocycles. The Balaban J connectivity index is 1.95. The molecule has 0 radical (unpaired) electrons. The molecule has 1 aromatic rings. The normalized spacial score (nSPS) is 17.4. The number of rotatable bonds is 4. The molecule has 0 bridgehead atoms. The molecule has 2 amide bonds. The quantitative estimate of drug-likeness (QED) is 0.721. The number of amides is 2. The van der Waals surface area contributed by atoms with Crippen molar-refractivity contribution in [1.29, 1.82) is 0 Å². The Bertz CT molecular complexity index is 474. The first kappa shape index (κ1) is 13.5. The van der Waals surface area contributed by atoms with Gasteiger partial charge in [0.05, 0.1) is 5.92 Å². The van der Waals surface area contributed by atoms with E-state index in [1.54, 1.807) is 7.05 Å². The predicted octanol–water partition coefficient (Wildman–Crippen LogP) is 0.126. The average molecular weight is 261 g/mol. The second-order valence-electron chi connectivity index (χ2n) is 4.60. The minimum Gasteiger partial charge on any atom is -0.359 e. The van der Waals surface area contributed by atoms with Gasteiger partial charge in [-0.05, 0) is 11.1 Å². The van der Waals surface area contributed by atoms with E-state index in [0.717, 1.165) is 12.1 Å². The lowest BCUT2D eigenvalue weighted by Crippen LogP contribution is -2.39. The van der Waals surface area contributed by atoms with Crippen LogP contribution in [-0.4, -0.2) is 32.0 Å². The van der Waals surface area contributed by atoms with Crippen LogP contribution < -0.4 is 16.0 Å². The van der Waals surface area contributed by atoms with Crippen LogP contribution in [0.5, 0.6) is 0 Å². The highest BCUT2D eigenvalue weighted by atomic mass is 16.2. The fraction of sp³-hybridized carbons (Fsp3) is 0.429. The van der Waals surface area contributed by atoms with Gasteiger partial charge in [0, 0.05) is 33.1 Å². The summed E-state index contributed by atoms with van der Waals surface area (Å²) in [5.74, 6) is -0.263. The van der Waals surface area contributed by atoms with Crippen molar-refractivity contribution in [3.05, 3.63) is 35.4 Å². The fourth-order valence-electron chi connectivity index (χ4n) is 2.28. The molecule has 0 aromatic heterocycles. The molecule has 102 valence electrons. The molecular weight excluding hydrogens is 242 g/mol. The monoisotopic (exact) mass is 261 g/mol. The molecule has 5 heteroatoms. The van der Waals surface area contributed by atoms with Crippen molar-refractivity contribution in [3.8, 4) is 0 Å². The van der Waals surface area contributed by atoms with Crippen molar-refractivity contribution in [2.24, 2.45) is 0 Å². The number of hydrogen-bond acceptors (Lipinski definition) is 3. The Morgan fingerprint density at radius 2 is 2.16 bits per heavy atom. The minimum absolute atomic E-state index is 0.0245. The predicted molar refractivity (Wildman–Crippen MR) is 72.6 cm³/mol. The van der Waals surface area contributed by atoms with E-state index < -0.39 is 0 Å². The lowest BCUT2D eigenvalue weighted by molar-refractivity contribution is -0.123. The number of hydrogen-bond donors (Lipinski definition) is 3. The third-order valence-corrected chi connectivity index (χ3v) is 3.34. The third kappa shape index (κ3) is 3.32. The third-order valence-electron chi connectivity index (χ3n) is 3.34. The van der Waals surface area contributed by atoms with Crippen LogP contribution in [0, 0.1) is 0 Å². The van der Waals surface area contributed by atoms with Crippen molar-refractivity contribution in [3.63, 3.8) is 0 Å². The van der Waals surface area contributed by atoms with E-state index in [1.807, 2.05) is 24.3 Å². The molecule has 19 heavy (non-hydrogen) atoms. The zero-order valence-corrected chi connectivity index (χ0v) is 11.0. The highest BCUT2D eigenvalue weighted by molar-refractivity contribution is 5.85. The molecule has 2 rings (SSSR count). The summed E-state index contributed by atoms with van der Waals surface area (Å²) < 4.78 is 0. The Morgan fingerprint density at radius 3 is 2.95 bits per heavy atom. The molecule has 1 aromatic carbocycles. The van der Waals surface area contributed by atoms with Gasteiger partial charge in [-0.2, -0.15) is 0 Å². The van der Waals surface area contributed by atoms with Crippen molar-refractivity contribution >= 4 is 11.8 Å². The van der Waals surface area contributed by atoms with E-state index in [0.29, 0.717) is 19.5 Å². The second kappa shape index (κ2) is 6.33. The van der Waals surface area contributed by atoms with E-state index in [2.05, 4.69) is 16.0 Å². The van der Waals surface area contributed by atoms with E-state index >= 15 is 0 Å². The summed E-state index contributed by atoms with van der Waals surface area (Å²) >= 11 is 0. The van der Waals surface area contributed by atoms with Crippen LogP contribution in [0.4, 0.5) is 0 Å². The Hall–Kier alpha value is -1.88. The first-order chi connectivity index (χ1) is 9.22. The number of benzene rings is 1. The van der Waals surface area contributed by atoms with E-state index in [-0.39, 0.29) is 17.7 Å². The van der Waals surface area contributed by atoms with E-state index in [9.17, 15) is 9.59 Å². The molecule has 1 unspecified atom stereocenters.